The molecule has 0 aliphatic heterocycles. The third kappa shape index (κ3) is 5.62. The van der Waals surface area contributed by atoms with Gasteiger partial charge in [-0.05, 0) is 53.0 Å². The highest BCUT2D eigenvalue weighted by Gasteiger charge is 2.22. The maximum atomic E-state index is 13.5. The molecule has 0 spiro atoms. The number of thiophene rings is 1. The maximum absolute atomic E-state index is 13.5. The molecule has 5 aromatic rings. The second kappa shape index (κ2) is 10.7. The number of nitrogens with zero attached hydrogens (tertiary/aromatic N) is 3. The van der Waals surface area contributed by atoms with Gasteiger partial charge in [0.05, 0.1) is 53.0 Å². The van der Waals surface area contributed by atoms with Crippen LogP contribution in [0.15, 0.2) is 75.9 Å². The summed E-state index contributed by atoms with van der Waals surface area (Å²) in [5.74, 6) is 0.676. The number of oxazole rings is 1. The fraction of sp³-hybridized carbons (Fsp3) is 0.192. The van der Waals surface area contributed by atoms with E-state index in [4.69, 9.17) is 37.0 Å². The Morgan fingerprint density at radius 1 is 1.19 bits per heavy atom. The molecular weight excluding hydrogens is 550 g/mol. The number of methoxy groups -OCH3 is 1. The summed E-state index contributed by atoms with van der Waals surface area (Å²) in [6.45, 7) is 0.484. The van der Waals surface area contributed by atoms with Crippen molar-refractivity contribution in [2.24, 2.45) is 0 Å². The Bertz CT molecular complexity index is 1670. The zero-order valence-electron chi connectivity index (χ0n) is 19.8. The van der Waals surface area contributed by atoms with Gasteiger partial charge in [-0.15, -0.1) is 11.3 Å². The molecule has 1 unspecified atom stereocenters. The molecule has 1 atom stereocenters. The van der Waals surface area contributed by atoms with Gasteiger partial charge in [-0.25, -0.2) is 4.98 Å². The molecule has 0 saturated carbocycles. The molecule has 0 fully saturated rings. The third-order valence-corrected chi connectivity index (χ3v) is 10.6. The van der Waals surface area contributed by atoms with E-state index < -0.39 is 8.49 Å². The number of benzene rings is 2. The van der Waals surface area contributed by atoms with E-state index >= 15 is 0 Å². The number of fused-ring (bicyclic) bond motifs is 1. The smallest absolute Gasteiger partial charge is 0.184 e. The van der Waals surface area contributed by atoms with Crippen molar-refractivity contribution in [3.8, 4) is 5.75 Å². The van der Waals surface area contributed by atoms with E-state index in [1.807, 2.05) is 41.1 Å². The van der Waals surface area contributed by atoms with Gasteiger partial charge in [-0.2, -0.15) is 5.10 Å². The zero-order chi connectivity index (χ0) is 26.0. The summed E-state index contributed by atoms with van der Waals surface area (Å²) in [5, 5.41) is 5.63. The molecule has 11 heteroatoms. The summed E-state index contributed by atoms with van der Waals surface area (Å²) in [6, 6.07) is 17.2. The average Bonchev–Trinajstić information content (AvgIpc) is 3.64. The predicted molar refractivity (Wildman–Crippen MR) is 148 cm³/mol. The number of aromatic nitrogens is 3. The van der Waals surface area contributed by atoms with Gasteiger partial charge in [-0.1, -0.05) is 41.9 Å². The first-order valence-corrected chi connectivity index (χ1v) is 15.2. The van der Waals surface area contributed by atoms with E-state index in [0.717, 1.165) is 22.0 Å². The molecule has 0 aliphatic carbocycles. The highest BCUT2D eigenvalue weighted by Crippen LogP contribution is 2.34. The third-order valence-electron chi connectivity index (χ3n) is 5.90. The number of aryl methyl sites for hydroxylation is 1. The van der Waals surface area contributed by atoms with Gasteiger partial charge in [-0.3, -0.25) is 13.7 Å². The van der Waals surface area contributed by atoms with E-state index in [1.165, 1.54) is 24.0 Å². The summed E-state index contributed by atoms with van der Waals surface area (Å²) in [6.07, 6.45) is 3.54. The number of Topliss-reactive ketones (excluding diaryl/α,β-unsaturated/α-hetero) is 1. The first kappa shape index (κ1) is 25.6. The van der Waals surface area contributed by atoms with Crippen LogP contribution in [0.3, 0.4) is 0 Å². The Hall–Kier alpha value is -3.05. The number of hydrogen-bond donors (Lipinski definition) is 0. The van der Waals surface area contributed by atoms with Crippen molar-refractivity contribution in [1.29, 1.82) is 0 Å². The first-order chi connectivity index (χ1) is 17.8. The quantitative estimate of drug-likeness (QED) is 0.192. The molecule has 37 heavy (non-hydrogen) atoms. The molecule has 0 amide bonds. The van der Waals surface area contributed by atoms with E-state index in [1.54, 1.807) is 19.2 Å². The van der Waals surface area contributed by atoms with Gasteiger partial charge in [0.1, 0.15) is 17.7 Å². The fourth-order valence-electron chi connectivity index (χ4n) is 4.17. The lowest BCUT2D eigenvalue weighted by molar-refractivity contribution is 0.0978. The lowest BCUT2D eigenvalue weighted by Crippen LogP contribution is -2.06. The van der Waals surface area contributed by atoms with Crippen LogP contribution < -0.4 is 4.74 Å². The Kier molecular flexibility index (Phi) is 7.43. The van der Waals surface area contributed by atoms with Crippen molar-refractivity contribution in [3.05, 3.63) is 94.1 Å². The summed E-state index contributed by atoms with van der Waals surface area (Å²) < 4.78 is 27.0. The van der Waals surface area contributed by atoms with Gasteiger partial charge in [0, 0.05) is 6.42 Å². The van der Waals surface area contributed by atoms with Crippen LogP contribution in [0.5, 0.6) is 5.75 Å². The largest absolute Gasteiger partial charge is 0.496 e. The predicted octanol–water partition coefficient (Wildman–Crippen LogP) is 5.92. The van der Waals surface area contributed by atoms with Crippen LogP contribution in [0, 0.1) is 0 Å². The normalized spacial score (nSPS) is 13.0. The molecule has 2 aromatic carbocycles. The minimum Gasteiger partial charge on any atom is -0.496 e. The van der Waals surface area contributed by atoms with Gasteiger partial charge in [0.15, 0.2) is 12.2 Å². The molecule has 190 valence electrons. The van der Waals surface area contributed by atoms with Crippen molar-refractivity contribution in [2.75, 3.05) is 7.11 Å². The minimum absolute atomic E-state index is 0.0616. The van der Waals surface area contributed by atoms with Crippen LogP contribution in [-0.2, 0) is 38.4 Å². The Labute approximate surface area is 227 Å². The molecule has 0 saturated heterocycles. The minimum atomic E-state index is -2.82. The van der Waals surface area contributed by atoms with Crippen LogP contribution in [0.25, 0.3) is 10.9 Å². The van der Waals surface area contributed by atoms with Gasteiger partial charge >= 0.3 is 0 Å². The fourth-order valence-corrected chi connectivity index (χ4v) is 7.83. The summed E-state index contributed by atoms with van der Waals surface area (Å²) in [5.41, 5.74) is 3.87. The molecule has 3 aromatic heterocycles. The molecule has 0 radical (unpaired) electrons. The van der Waals surface area contributed by atoms with Gasteiger partial charge in [0.2, 0.25) is 0 Å². The van der Waals surface area contributed by atoms with Crippen LogP contribution in [0.2, 0.25) is 4.34 Å². The lowest BCUT2D eigenvalue weighted by Gasteiger charge is -2.07. The van der Waals surface area contributed by atoms with Crippen molar-refractivity contribution < 1.29 is 18.2 Å². The standard InChI is InChI=1S/C26H22ClN3O4S3/c1-33-23-7-3-6-21-26(23)20(15-37(32,35)25-11-10-24(27)36-25)29-30(21)13-18-5-2-4-17(12-18)8-9-22(31)19-14-34-16-28-19/h2-7,10-12,14,16H,8-9,13,15H2,1H3. The van der Waals surface area contributed by atoms with Crippen LogP contribution >= 0.6 is 22.9 Å². The summed E-state index contributed by atoms with van der Waals surface area (Å²) in [7, 11) is -1.22. The lowest BCUT2D eigenvalue weighted by atomic mass is 10.0. The van der Waals surface area contributed by atoms with E-state index in [2.05, 4.69) is 11.1 Å². The van der Waals surface area contributed by atoms with Crippen molar-refractivity contribution in [1.82, 2.24) is 14.8 Å². The first-order valence-electron chi connectivity index (χ1n) is 11.3. The number of ether oxygens (including phenoxy) is 1. The van der Waals surface area contributed by atoms with E-state index in [0.29, 0.717) is 45.1 Å². The number of hydrogen-bond acceptors (Lipinski definition) is 8. The molecule has 0 N–H and O–H groups in total. The highest BCUT2D eigenvalue weighted by molar-refractivity contribution is 8.33. The number of rotatable bonds is 10. The molecule has 7 nitrogen and oxygen atoms in total. The summed E-state index contributed by atoms with van der Waals surface area (Å²) in [4.78, 5) is 16.2. The maximum Gasteiger partial charge on any atom is 0.184 e. The number of ketones is 1. The highest BCUT2D eigenvalue weighted by atomic mass is 35.5. The zero-order valence-corrected chi connectivity index (χ0v) is 23.0. The SMILES string of the molecule is COc1cccc2c1c(CS(=O)(=S)c1ccc(Cl)s1)nn2Cc1cccc(CCC(=O)c2cocn2)c1. The number of carbonyl (C=O) groups is 1. The van der Waals surface area contributed by atoms with Gasteiger partial charge in [0.25, 0.3) is 0 Å². The molecule has 5 rings (SSSR count). The average molecular weight is 572 g/mol. The number of halogens is 1. The Balaban J connectivity index is 1.43. The van der Waals surface area contributed by atoms with Crippen LogP contribution in [0.4, 0.5) is 0 Å². The number of carbonyl (C=O) groups excluding carboxylic acids is 1. The van der Waals surface area contributed by atoms with E-state index in [-0.39, 0.29) is 11.5 Å². The van der Waals surface area contributed by atoms with Crippen molar-refractivity contribution in [3.63, 3.8) is 0 Å². The second-order valence-corrected chi connectivity index (χ2v) is 13.9. The summed E-state index contributed by atoms with van der Waals surface area (Å²) >= 11 is 12.8. The monoisotopic (exact) mass is 571 g/mol. The molecule has 0 bridgehead atoms. The van der Waals surface area contributed by atoms with Crippen molar-refractivity contribution in [2.45, 2.75) is 29.3 Å². The van der Waals surface area contributed by atoms with E-state index in [9.17, 15) is 9.00 Å². The van der Waals surface area contributed by atoms with Crippen LogP contribution in [0.1, 0.15) is 33.7 Å². The topological polar surface area (TPSA) is 87.2 Å². The van der Waals surface area contributed by atoms with Crippen molar-refractivity contribution >= 4 is 59.3 Å². The Morgan fingerprint density at radius 3 is 2.73 bits per heavy atom. The Morgan fingerprint density at radius 2 is 2.00 bits per heavy atom. The second-order valence-electron chi connectivity index (χ2n) is 8.39. The molecular formula is C26H22ClN3O4S3. The van der Waals surface area contributed by atoms with Gasteiger partial charge < -0.3 is 9.15 Å². The molecule has 3 heterocycles. The molecule has 0 aliphatic rings. The van der Waals surface area contributed by atoms with Crippen LogP contribution in [-0.4, -0.2) is 31.9 Å².